The fourth-order valence-electron chi connectivity index (χ4n) is 3.65. The fraction of sp³-hybridized carbons (Fsp3) is 0.375. The highest BCUT2D eigenvalue weighted by atomic mass is 79.9. The zero-order valence-corrected chi connectivity index (χ0v) is 21.7. The summed E-state index contributed by atoms with van der Waals surface area (Å²) in [5, 5.41) is 0.994. The summed E-state index contributed by atoms with van der Waals surface area (Å²) in [6.07, 6.45) is 2.48. The average molecular weight is 530 g/mol. The minimum atomic E-state index is -1.13. The van der Waals surface area contributed by atoms with Crippen LogP contribution in [0, 0.1) is 0 Å². The van der Waals surface area contributed by atoms with Gasteiger partial charge in [0.25, 0.3) is 11.8 Å². The van der Waals surface area contributed by atoms with Gasteiger partial charge >= 0.3 is 0 Å². The Kier molecular flexibility index (Phi) is 7.01. The largest absolute Gasteiger partial charge is 0.477 e. The molecule has 2 aromatic heterocycles. The molecule has 0 fully saturated rings. The molecule has 2 amide bonds. The quantitative estimate of drug-likeness (QED) is 0.205. The molecule has 7 nitrogen and oxygen atoms in total. The highest BCUT2D eigenvalue weighted by Crippen LogP contribution is 2.28. The topological polar surface area (TPSA) is 73.7 Å². The molecule has 9 heteroatoms. The highest BCUT2D eigenvalue weighted by Gasteiger charge is 2.34. The smallest absolute Gasteiger partial charge is 0.261 e. The summed E-state index contributed by atoms with van der Waals surface area (Å²) in [6.45, 7) is 8.82. The van der Waals surface area contributed by atoms with E-state index in [1.54, 1.807) is 24.3 Å². The molecule has 0 radical (unpaired) electrons. The molecular formula is C24H28BrN3O4Si. The highest BCUT2D eigenvalue weighted by molar-refractivity contribution is 9.10. The van der Waals surface area contributed by atoms with E-state index in [-0.39, 0.29) is 11.8 Å². The summed E-state index contributed by atoms with van der Waals surface area (Å²) in [5.74, 6) is -0.0153. The maximum Gasteiger partial charge on any atom is 0.261 e. The van der Waals surface area contributed by atoms with Crippen molar-refractivity contribution in [2.45, 2.75) is 38.8 Å². The number of nitrogens with zero attached hydrogens (tertiary/aromatic N) is 3. The Balaban J connectivity index is 1.34. The van der Waals surface area contributed by atoms with Crippen molar-refractivity contribution in [2.75, 3.05) is 19.8 Å². The number of pyridine rings is 1. The van der Waals surface area contributed by atoms with E-state index in [0.29, 0.717) is 43.3 Å². The lowest BCUT2D eigenvalue weighted by molar-refractivity contribution is 0.0646. The molecule has 0 saturated carbocycles. The second kappa shape index (κ2) is 9.78. The Morgan fingerprint density at radius 2 is 1.73 bits per heavy atom. The van der Waals surface area contributed by atoms with Crippen LogP contribution < -0.4 is 4.74 Å². The van der Waals surface area contributed by atoms with Gasteiger partial charge in [-0.05, 0) is 52.7 Å². The predicted molar refractivity (Wildman–Crippen MR) is 133 cm³/mol. The number of hydrogen-bond acceptors (Lipinski definition) is 5. The first kappa shape index (κ1) is 23.7. The number of halogens is 1. The lowest BCUT2D eigenvalue weighted by Crippen LogP contribution is -2.31. The summed E-state index contributed by atoms with van der Waals surface area (Å²) >= 11 is 3.53. The van der Waals surface area contributed by atoms with Crippen molar-refractivity contribution in [2.24, 2.45) is 0 Å². The molecule has 174 valence electrons. The molecule has 0 atom stereocenters. The molecule has 0 N–H and O–H groups in total. The summed E-state index contributed by atoms with van der Waals surface area (Å²) in [4.78, 5) is 30.9. The molecule has 0 bridgehead atoms. The van der Waals surface area contributed by atoms with Crippen LogP contribution in [0.25, 0.3) is 11.0 Å². The third kappa shape index (κ3) is 5.37. The Labute approximate surface area is 202 Å². The van der Waals surface area contributed by atoms with Gasteiger partial charge in [0.15, 0.2) is 0 Å². The van der Waals surface area contributed by atoms with E-state index in [2.05, 4.69) is 40.6 Å². The zero-order valence-electron chi connectivity index (χ0n) is 19.1. The third-order valence-electron chi connectivity index (χ3n) is 5.53. The minimum Gasteiger partial charge on any atom is -0.477 e. The normalized spacial score (nSPS) is 13.8. The van der Waals surface area contributed by atoms with Crippen LogP contribution in [0.15, 0.2) is 47.1 Å². The van der Waals surface area contributed by atoms with Gasteiger partial charge in [-0.1, -0.05) is 31.8 Å². The van der Waals surface area contributed by atoms with E-state index in [9.17, 15) is 9.59 Å². The summed E-state index contributed by atoms with van der Waals surface area (Å²) < 4.78 is 14.5. The predicted octanol–water partition coefficient (Wildman–Crippen LogP) is 5.18. The van der Waals surface area contributed by atoms with Crippen LogP contribution in [-0.2, 0) is 11.5 Å². The van der Waals surface area contributed by atoms with Crippen LogP contribution >= 0.6 is 15.9 Å². The summed E-state index contributed by atoms with van der Waals surface area (Å²) in [6, 6.07) is 12.0. The van der Waals surface area contributed by atoms with Crippen LogP contribution in [0.3, 0.4) is 0 Å². The number of benzene rings is 1. The number of ether oxygens (including phenoxy) is 2. The van der Waals surface area contributed by atoms with Crippen molar-refractivity contribution in [3.05, 3.63) is 58.2 Å². The lowest BCUT2D eigenvalue weighted by atomic mass is 10.1. The fourth-order valence-corrected chi connectivity index (χ4v) is 4.86. The molecule has 1 aliphatic heterocycles. The van der Waals surface area contributed by atoms with Gasteiger partial charge in [0.2, 0.25) is 5.88 Å². The SMILES string of the molecule is C[Si](C)(C)CCOCn1ccc2cc(Br)c(OCCCN3C(=O)c4ccccc4C3=O)nc21. The number of amides is 2. The molecule has 1 aromatic carbocycles. The molecule has 0 unspecified atom stereocenters. The van der Waals surface area contributed by atoms with Crippen molar-refractivity contribution >= 4 is 46.9 Å². The van der Waals surface area contributed by atoms with Gasteiger partial charge in [-0.25, -0.2) is 0 Å². The van der Waals surface area contributed by atoms with Crippen LogP contribution in [0.1, 0.15) is 27.1 Å². The third-order valence-corrected chi connectivity index (χ3v) is 7.80. The molecular weight excluding hydrogens is 502 g/mol. The van der Waals surface area contributed by atoms with Crippen molar-refractivity contribution in [3.8, 4) is 5.88 Å². The minimum absolute atomic E-state index is 0.247. The van der Waals surface area contributed by atoms with Gasteiger partial charge in [-0.15, -0.1) is 0 Å². The van der Waals surface area contributed by atoms with E-state index < -0.39 is 8.07 Å². The molecule has 4 rings (SSSR count). The number of rotatable bonds is 10. The van der Waals surface area contributed by atoms with Crippen LogP contribution in [0.4, 0.5) is 0 Å². The maximum atomic E-state index is 12.5. The Hall–Kier alpha value is -2.49. The van der Waals surface area contributed by atoms with Crippen molar-refractivity contribution in [3.63, 3.8) is 0 Å². The van der Waals surface area contributed by atoms with Gasteiger partial charge in [0.1, 0.15) is 12.4 Å². The molecule has 0 saturated heterocycles. The van der Waals surface area contributed by atoms with Crippen LogP contribution in [0.5, 0.6) is 5.88 Å². The number of imide groups is 1. The number of aromatic nitrogens is 2. The maximum absolute atomic E-state index is 12.5. The first-order valence-corrected chi connectivity index (χ1v) is 15.6. The molecule has 3 heterocycles. The van der Waals surface area contributed by atoms with E-state index in [4.69, 9.17) is 9.47 Å². The number of hydrogen-bond donors (Lipinski definition) is 0. The monoisotopic (exact) mass is 529 g/mol. The van der Waals surface area contributed by atoms with E-state index >= 15 is 0 Å². The first-order chi connectivity index (χ1) is 15.7. The molecule has 1 aliphatic rings. The Morgan fingerprint density at radius 3 is 2.39 bits per heavy atom. The van der Waals surface area contributed by atoms with E-state index in [1.165, 1.54) is 4.90 Å². The van der Waals surface area contributed by atoms with Crippen molar-refractivity contribution in [1.29, 1.82) is 0 Å². The second-order valence-corrected chi connectivity index (χ2v) is 15.8. The zero-order chi connectivity index (χ0) is 23.6. The lowest BCUT2D eigenvalue weighted by Gasteiger charge is -2.16. The standard InChI is InChI=1S/C24H28BrN3O4Si/c1-33(2,3)14-13-31-16-27-11-9-17-15-20(25)22(26-21(17)27)32-12-6-10-28-23(29)18-7-4-5-8-19(18)24(28)30/h4-5,7-9,11,15H,6,10,12-14,16H2,1-3H3. The summed E-state index contributed by atoms with van der Waals surface area (Å²) in [7, 11) is -1.13. The first-order valence-electron chi connectivity index (χ1n) is 11.1. The second-order valence-electron chi connectivity index (χ2n) is 9.33. The Bertz CT molecular complexity index is 1150. The van der Waals surface area contributed by atoms with E-state index in [0.717, 1.165) is 28.2 Å². The number of fused-ring (bicyclic) bond motifs is 2. The van der Waals surface area contributed by atoms with E-state index in [1.807, 2.05) is 22.9 Å². The van der Waals surface area contributed by atoms with Gasteiger partial charge in [-0.2, -0.15) is 4.98 Å². The van der Waals surface area contributed by atoms with Gasteiger partial charge in [-0.3, -0.25) is 14.5 Å². The molecule has 0 spiro atoms. The van der Waals surface area contributed by atoms with Gasteiger partial charge in [0.05, 0.1) is 22.2 Å². The number of carbonyl (C=O) groups excluding carboxylic acids is 2. The van der Waals surface area contributed by atoms with Gasteiger partial charge < -0.3 is 14.0 Å². The van der Waals surface area contributed by atoms with Crippen molar-refractivity contribution < 1.29 is 19.1 Å². The van der Waals surface area contributed by atoms with Crippen LogP contribution in [-0.4, -0.2) is 54.1 Å². The van der Waals surface area contributed by atoms with Crippen LogP contribution in [0.2, 0.25) is 25.7 Å². The Morgan fingerprint density at radius 1 is 1.03 bits per heavy atom. The average Bonchev–Trinajstić information content (AvgIpc) is 3.27. The van der Waals surface area contributed by atoms with Gasteiger partial charge in [0, 0.05) is 32.8 Å². The number of carbonyl (C=O) groups is 2. The molecule has 0 aliphatic carbocycles. The van der Waals surface area contributed by atoms with Crippen molar-refractivity contribution in [1.82, 2.24) is 14.5 Å². The summed E-state index contributed by atoms with van der Waals surface area (Å²) in [5.41, 5.74) is 1.72. The molecule has 33 heavy (non-hydrogen) atoms. The molecule has 3 aromatic rings.